The molecule has 0 aromatic rings. The van der Waals surface area contributed by atoms with Crippen molar-refractivity contribution >= 4 is 5.91 Å². The summed E-state index contributed by atoms with van der Waals surface area (Å²) in [6, 6.07) is 0.969. The third kappa shape index (κ3) is 4.25. The Bertz CT molecular complexity index is 280. The van der Waals surface area contributed by atoms with Gasteiger partial charge in [0.15, 0.2) is 0 Å². The van der Waals surface area contributed by atoms with Crippen LogP contribution in [-0.4, -0.2) is 41.5 Å². The number of hydrogen-bond acceptors (Lipinski definition) is 3. The summed E-state index contributed by atoms with van der Waals surface area (Å²) in [6.45, 7) is 10.6. The highest BCUT2D eigenvalue weighted by Crippen LogP contribution is 2.19. The maximum absolute atomic E-state index is 11.6. The summed E-state index contributed by atoms with van der Waals surface area (Å²) in [4.78, 5) is 14.1. The molecule has 1 amide bonds. The molecule has 0 bridgehead atoms. The van der Waals surface area contributed by atoms with E-state index in [1.165, 1.54) is 19.4 Å². The molecule has 1 saturated heterocycles. The van der Waals surface area contributed by atoms with Crippen LogP contribution in [0.15, 0.2) is 0 Å². The zero-order valence-electron chi connectivity index (χ0n) is 12.3. The predicted molar refractivity (Wildman–Crippen MR) is 75.4 cm³/mol. The number of nitrogens with two attached hydrogens (primary N) is 1. The molecule has 0 saturated carbocycles. The normalized spacial score (nSPS) is 24.4. The smallest absolute Gasteiger partial charge is 0.237 e. The maximum atomic E-state index is 11.6. The molecule has 4 heteroatoms. The Balaban J connectivity index is 2.40. The predicted octanol–water partition coefficient (Wildman–Crippen LogP) is 1.49. The topological polar surface area (TPSA) is 58.4 Å². The van der Waals surface area contributed by atoms with Crippen molar-refractivity contribution in [2.45, 2.75) is 71.0 Å². The zero-order chi connectivity index (χ0) is 13.8. The second-order valence-corrected chi connectivity index (χ2v) is 6.13. The Morgan fingerprint density at radius 3 is 2.67 bits per heavy atom. The Morgan fingerprint density at radius 1 is 1.56 bits per heavy atom. The molecule has 0 spiro atoms. The second kappa shape index (κ2) is 6.53. The van der Waals surface area contributed by atoms with Crippen molar-refractivity contribution in [2.24, 2.45) is 5.73 Å². The van der Waals surface area contributed by atoms with E-state index in [0.717, 1.165) is 19.4 Å². The minimum absolute atomic E-state index is 0.245. The lowest BCUT2D eigenvalue weighted by molar-refractivity contribution is -0.124. The molecule has 18 heavy (non-hydrogen) atoms. The average Bonchev–Trinajstić information content (AvgIpc) is 2.63. The van der Waals surface area contributed by atoms with Gasteiger partial charge in [-0.1, -0.05) is 0 Å². The number of nitrogens with one attached hydrogen (secondary N) is 1. The largest absolute Gasteiger partial charge is 0.368 e. The van der Waals surface area contributed by atoms with Crippen LogP contribution in [0.25, 0.3) is 0 Å². The monoisotopic (exact) mass is 255 g/mol. The standard InChI is InChI=1S/C14H29N3O/c1-11(2)16-14(4,13(15)18)8-6-10-17-9-5-7-12(17)3/h11-12,16H,5-10H2,1-4H3,(H2,15,18). The van der Waals surface area contributed by atoms with Crippen LogP contribution in [0.3, 0.4) is 0 Å². The number of amides is 1. The van der Waals surface area contributed by atoms with Crippen molar-refractivity contribution in [1.82, 2.24) is 10.2 Å². The van der Waals surface area contributed by atoms with Crippen molar-refractivity contribution in [1.29, 1.82) is 0 Å². The van der Waals surface area contributed by atoms with Crippen LogP contribution in [-0.2, 0) is 4.79 Å². The van der Waals surface area contributed by atoms with Gasteiger partial charge in [0.25, 0.3) is 0 Å². The van der Waals surface area contributed by atoms with Gasteiger partial charge in [-0.25, -0.2) is 0 Å². The fourth-order valence-corrected chi connectivity index (χ4v) is 2.86. The number of primary amides is 1. The molecular formula is C14H29N3O. The second-order valence-electron chi connectivity index (χ2n) is 6.13. The van der Waals surface area contributed by atoms with Crippen molar-refractivity contribution in [3.8, 4) is 0 Å². The molecule has 0 aliphatic carbocycles. The summed E-state index contributed by atoms with van der Waals surface area (Å²) in [5, 5.41) is 3.30. The maximum Gasteiger partial charge on any atom is 0.237 e. The molecule has 3 N–H and O–H groups in total. The van der Waals surface area contributed by atoms with E-state index in [4.69, 9.17) is 5.73 Å². The van der Waals surface area contributed by atoms with Crippen LogP contribution >= 0.6 is 0 Å². The summed E-state index contributed by atoms with van der Waals surface area (Å²) < 4.78 is 0. The third-order valence-electron chi connectivity index (χ3n) is 3.96. The Kier molecular flexibility index (Phi) is 5.60. The Hall–Kier alpha value is -0.610. The lowest BCUT2D eigenvalue weighted by Crippen LogP contribution is -2.55. The van der Waals surface area contributed by atoms with E-state index in [-0.39, 0.29) is 11.9 Å². The Morgan fingerprint density at radius 2 is 2.22 bits per heavy atom. The summed E-state index contributed by atoms with van der Waals surface area (Å²) >= 11 is 0. The van der Waals surface area contributed by atoms with Gasteiger partial charge in [-0.05, 0) is 66.5 Å². The first kappa shape index (κ1) is 15.4. The highest BCUT2D eigenvalue weighted by Gasteiger charge is 2.31. The van der Waals surface area contributed by atoms with Crippen molar-refractivity contribution in [2.75, 3.05) is 13.1 Å². The van der Waals surface area contributed by atoms with E-state index >= 15 is 0 Å². The fourth-order valence-electron chi connectivity index (χ4n) is 2.86. The van der Waals surface area contributed by atoms with Crippen LogP contribution in [0.2, 0.25) is 0 Å². The van der Waals surface area contributed by atoms with E-state index in [1.807, 2.05) is 20.8 Å². The summed E-state index contributed by atoms with van der Waals surface area (Å²) in [5.41, 5.74) is 4.95. The molecule has 1 aliphatic heterocycles. The van der Waals surface area contributed by atoms with Gasteiger partial charge < -0.3 is 16.0 Å². The molecule has 2 atom stereocenters. The number of nitrogens with zero attached hydrogens (tertiary/aromatic N) is 1. The molecular weight excluding hydrogens is 226 g/mol. The van der Waals surface area contributed by atoms with Crippen LogP contribution in [0.5, 0.6) is 0 Å². The molecule has 0 aromatic heterocycles. The van der Waals surface area contributed by atoms with Gasteiger partial charge in [-0.3, -0.25) is 4.79 Å². The first-order valence-electron chi connectivity index (χ1n) is 7.17. The number of rotatable bonds is 7. The molecule has 4 nitrogen and oxygen atoms in total. The summed E-state index contributed by atoms with van der Waals surface area (Å²) in [6.07, 6.45) is 4.43. The minimum atomic E-state index is -0.572. The van der Waals surface area contributed by atoms with E-state index in [0.29, 0.717) is 6.04 Å². The van der Waals surface area contributed by atoms with E-state index < -0.39 is 5.54 Å². The van der Waals surface area contributed by atoms with Crippen molar-refractivity contribution in [3.63, 3.8) is 0 Å². The molecule has 1 heterocycles. The summed E-state index contributed by atoms with van der Waals surface area (Å²) in [7, 11) is 0. The zero-order valence-corrected chi connectivity index (χ0v) is 12.3. The van der Waals surface area contributed by atoms with Crippen LogP contribution in [0.1, 0.15) is 53.4 Å². The molecule has 1 fully saturated rings. The SMILES string of the molecule is CC(C)NC(C)(CCCN1CCCC1C)C(N)=O. The molecule has 1 aliphatic rings. The molecule has 2 unspecified atom stereocenters. The third-order valence-corrected chi connectivity index (χ3v) is 3.96. The van der Waals surface area contributed by atoms with Crippen molar-refractivity contribution < 1.29 is 4.79 Å². The Labute approximate surface area is 111 Å². The van der Waals surface area contributed by atoms with Gasteiger partial charge in [-0.15, -0.1) is 0 Å². The highest BCUT2D eigenvalue weighted by molar-refractivity contribution is 5.84. The minimum Gasteiger partial charge on any atom is -0.368 e. The van der Waals surface area contributed by atoms with Gasteiger partial charge in [0, 0.05) is 12.1 Å². The van der Waals surface area contributed by atoms with Gasteiger partial charge in [-0.2, -0.15) is 0 Å². The average molecular weight is 255 g/mol. The number of carbonyl (C=O) groups excluding carboxylic acids is 1. The molecule has 0 radical (unpaired) electrons. The molecule has 1 rings (SSSR count). The lowest BCUT2D eigenvalue weighted by Gasteiger charge is -2.31. The van der Waals surface area contributed by atoms with Gasteiger partial charge in [0.1, 0.15) is 0 Å². The van der Waals surface area contributed by atoms with Gasteiger partial charge in [0.2, 0.25) is 5.91 Å². The van der Waals surface area contributed by atoms with Gasteiger partial charge >= 0.3 is 0 Å². The number of hydrogen-bond donors (Lipinski definition) is 2. The first-order valence-corrected chi connectivity index (χ1v) is 7.17. The van der Waals surface area contributed by atoms with E-state index in [2.05, 4.69) is 17.1 Å². The lowest BCUT2D eigenvalue weighted by atomic mass is 9.93. The highest BCUT2D eigenvalue weighted by atomic mass is 16.1. The quantitative estimate of drug-likeness (QED) is 0.724. The molecule has 0 aromatic carbocycles. The fraction of sp³-hybridized carbons (Fsp3) is 0.929. The molecule has 106 valence electrons. The van der Waals surface area contributed by atoms with Crippen LogP contribution < -0.4 is 11.1 Å². The summed E-state index contributed by atoms with van der Waals surface area (Å²) in [5.74, 6) is -0.245. The number of carbonyl (C=O) groups is 1. The van der Waals surface area contributed by atoms with E-state index in [1.54, 1.807) is 0 Å². The van der Waals surface area contributed by atoms with Crippen LogP contribution in [0.4, 0.5) is 0 Å². The first-order chi connectivity index (χ1) is 8.35. The van der Waals surface area contributed by atoms with Gasteiger partial charge in [0.05, 0.1) is 5.54 Å². The van der Waals surface area contributed by atoms with E-state index in [9.17, 15) is 4.79 Å². The van der Waals surface area contributed by atoms with Crippen molar-refractivity contribution in [3.05, 3.63) is 0 Å². The number of likely N-dealkylation sites (tertiary alicyclic amines) is 1. The van der Waals surface area contributed by atoms with Crippen LogP contribution in [0, 0.1) is 0 Å².